The van der Waals surface area contributed by atoms with Crippen LogP contribution in [0.3, 0.4) is 0 Å². The molecule has 0 bridgehead atoms. The number of hydrogen-bond donors (Lipinski definition) is 2. The van der Waals surface area contributed by atoms with Crippen LogP contribution in [0.5, 0.6) is 0 Å². The highest BCUT2D eigenvalue weighted by molar-refractivity contribution is 6.01. The average Bonchev–Trinajstić information content (AvgIpc) is 2.30. The molecule has 0 aliphatic rings. The summed E-state index contributed by atoms with van der Waals surface area (Å²) >= 11 is 0. The van der Waals surface area contributed by atoms with Gasteiger partial charge < -0.3 is 11.5 Å². The largest absolute Gasteiger partial charge is 0.399 e. The van der Waals surface area contributed by atoms with Crippen LogP contribution in [0.2, 0.25) is 0 Å². The second-order valence-corrected chi connectivity index (χ2v) is 3.98. The first-order valence-corrected chi connectivity index (χ1v) is 5.34. The van der Waals surface area contributed by atoms with Crippen LogP contribution >= 0.6 is 0 Å². The van der Waals surface area contributed by atoms with E-state index in [0.29, 0.717) is 16.9 Å². The van der Waals surface area contributed by atoms with Crippen molar-refractivity contribution in [1.29, 1.82) is 0 Å². The first-order chi connectivity index (χ1) is 8.08. The van der Waals surface area contributed by atoms with E-state index in [1.807, 2.05) is 30.3 Å². The molecular formula is C14H14N2O. The van der Waals surface area contributed by atoms with E-state index in [0.717, 1.165) is 11.1 Å². The zero-order valence-corrected chi connectivity index (χ0v) is 9.60. The lowest BCUT2D eigenvalue weighted by Gasteiger charge is -2.08. The molecule has 2 aromatic carbocycles. The summed E-state index contributed by atoms with van der Waals surface area (Å²) in [6.07, 6.45) is 0. The molecule has 3 nitrogen and oxygen atoms in total. The molecule has 0 unspecified atom stereocenters. The van der Waals surface area contributed by atoms with Crippen LogP contribution in [0.4, 0.5) is 11.4 Å². The number of benzene rings is 2. The molecule has 0 aliphatic heterocycles. The molecule has 0 radical (unpaired) electrons. The van der Waals surface area contributed by atoms with Crippen molar-refractivity contribution < 1.29 is 4.79 Å². The Morgan fingerprint density at radius 1 is 0.941 bits per heavy atom. The van der Waals surface area contributed by atoms with Crippen molar-refractivity contribution in [3.8, 4) is 11.1 Å². The molecule has 0 fully saturated rings. The smallest absolute Gasteiger partial charge is 0.160 e. The molecular weight excluding hydrogens is 212 g/mol. The number of nitrogen functional groups attached to an aromatic ring is 2. The summed E-state index contributed by atoms with van der Waals surface area (Å²) in [6.45, 7) is 1.54. The minimum atomic E-state index is 0.00382. The molecule has 0 aromatic heterocycles. The van der Waals surface area contributed by atoms with E-state index in [1.54, 1.807) is 12.1 Å². The van der Waals surface area contributed by atoms with E-state index < -0.39 is 0 Å². The zero-order chi connectivity index (χ0) is 12.4. The van der Waals surface area contributed by atoms with Gasteiger partial charge in [-0.1, -0.05) is 18.2 Å². The summed E-state index contributed by atoms with van der Waals surface area (Å²) in [4.78, 5) is 11.6. The molecule has 0 aliphatic carbocycles. The van der Waals surface area contributed by atoms with Crippen molar-refractivity contribution in [2.45, 2.75) is 6.92 Å². The quantitative estimate of drug-likeness (QED) is 0.611. The summed E-state index contributed by atoms with van der Waals surface area (Å²) in [6, 6.07) is 12.8. The molecule has 17 heavy (non-hydrogen) atoms. The van der Waals surface area contributed by atoms with Gasteiger partial charge in [0.2, 0.25) is 0 Å². The fourth-order valence-electron chi connectivity index (χ4n) is 1.77. The van der Waals surface area contributed by atoms with Crippen LogP contribution in [-0.2, 0) is 0 Å². The van der Waals surface area contributed by atoms with E-state index in [-0.39, 0.29) is 5.78 Å². The Labute approximate surface area is 100 Å². The predicted octanol–water partition coefficient (Wildman–Crippen LogP) is 2.72. The van der Waals surface area contributed by atoms with E-state index in [2.05, 4.69) is 0 Å². The normalized spacial score (nSPS) is 10.2. The maximum Gasteiger partial charge on any atom is 0.160 e. The van der Waals surface area contributed by atoms with E-state index in [1.165, 1.54) is 6.92 Å². The third kappa shape index (κ3) is 2.28. The van der Waals surface area contributed by atoms with Gasteiger partial charge in [-0.05, 0) is 42.3 Å². The lowest BCUT2D eigenvalue weighted by atomic mass is 9.97. The molecule has 4 N–H and O–H groups in total. The second-order valence-electron chi connectivity index (χ2n) is 3.98. The first-order valence-electron chi connectivity index (χ1n) is 5.34. The third-order valence-corrected chi connectivity index (χ3v) is 2.64. The standard InChI is InChI=1S/C14H14N2O/c1-9(17)14-8-12(16)6-7-13(14)10-2-4-11(15)5-3-10/h2-8H,15-16H2,1H3. The van der Waals surface area contributed by atoms with Gasteiger partial charge in [0.15, 0.2) is 5.78 Å². The van der Waals surface area contributed by atoms with Gasteiger partial charge in [-0.3, -0.25) is 4.79 Å². The van der Waals surface area contributed by atoms with Gasteiger partial charge in [-0.15, -0.1) is 0 Å². The van der Waals surface area contributed by atoms with Crippen LogP contribution < -0.4 is 11.5 Å². The number of rotatable bonds is 2. The molecule has 0 saturated carbocycles. The van der Waals surface area contributed by atoms with Crippen molar-refractivity contribution in [3.05, 3.63) is 48.0 Å². The van der Waals surface area contributed by atoms with E-state index >= 15 is 0 Å². The predicted molar refractivity (Wildman–Crippen MR) is 70.7 cm³/mol. The fraction of sp³-hybridized carbons (Fsp3) is 0.0714. The minimum absolute atomic E-state index is 0.00382. The number of Topliss-reactive ketones (excluding diaryl/α,β-unsaturated/α-hetero) is 1. The molecule has 2 rings (SSSR count). The second kappa shape index (κ2) is 4.29. The molecule has 0 heterocycles. The number of carbonyl (C=O) groups is 1. The Bertz CT molecular complexity index is 559. The Balaban J connectivity index is 2.58. The maximum atomic E-state index is 11.6. The van der Waals surface area contributed by atoms with Gasteiger partial charge >= 0.3 is 0 Å². The molecule has 2 aromatic rings. The van der Waals surface area contributed by atoms with E-state index in [4.69, 9.17) is 11.5 Å². The van der Waals surface area contributed by atoms with Gasteiger partial charge in [-0.25, -0.2) is 0 Å². The van der Waals surface area contributed by atoms with Crippen molar-refractivity contribution >= 4 is 17.2 Å². The molecule has 0 saturated heterocycles. The van der Waals surface area contributed by atoms with Gasteiger partial charge in [0, 0.05) is 16.9 Å². The van der Waals surface area contributed by atoms with Gasteiger partial charge in [0.05, 0.1) is 0 Å². The van der Waals surface area contributed by atoms with Crippen LogP contribution in [-0.4, -0.2) is 5.78 Å². The van der Waals surface area contributed by atoms with Gasteiger partial charge in [0.1, 0.15) is 0 Å². The van der Waals surface area contributed by atoms with Crippen LogP contribution in [0.15, 0.2) is 42.5 Å². The number of carbonyl (C=O) groups excluding carboxylic acids is 1. The summed E-state index contributed by atoms with van der Waals surface area (Å²) in [5.74, 6) is 0.00382. The molecule has 0 atom stereocenters. The Morgan fingerprint density at radius 3 is 2.12 bits per heavy atom. The highest BCUT2D eigenvalue weighted by Gasteiger charge is 2.09. The lowest BCUT2D eigenvalue weighted by Crippen LogP contribution is -1.98. The fourth-order valence-corrected chi connectivity index (χ4v) is 1.77. The SMILES string of the molecule is CC(=O)c1cc(N)ccc1-c1ccc(N)cc1. The van der Waals surface area contributed by atoms with Crippen molar-refractivity contribution in [1.82, 2.24) is 0 Å². The summed E-state index contributed by atoms with van der Waals surface area (Å²) < 4.78 is 0. The zero-order valence-electron chi connectivity index (χ0n) is 9.60. The summed E-state index contributed by atoms with van der Waals surface area (Å²) in [5, 5.41) is 0. The molecule has 86 valence electrons. The average molecular weight is 226 g/mol. The third-order valence-electron chi connectivity index (χ3n) is 2.64. The monoisotopic (exact) mass is 226 g/mol. The maximum absolute atomic E-state index is 11.6. The number of ketones is 1. The van der Waals surface area contributed by atoms with Crippen LogP contribution in [0.25, 0.3) is 11.1 Å². The highest BCUT2D eigenvalue weighted by atomic mass is 16.1. The Kier molecular flexibility index (Phi) is 2.83. The van der Waals surface area contributed by atoms with Crippen molar-refractivity contribution in [2.24, 2.45) is 0 Å². The van der Waals surface area contributed by atoms with Crippen molar-refractivity contribution in [3.63, 3.8) is 0 Å². The number of anilines is 2. The first kappa shape index (κ1) is 11.2. The summed E-state index contributed by atoms with van der Waals surface area (Å²) in [5.41, 5.74) is 15.1. The number of nitrogens with two attached hydrogens (primary N) is 2. The highest BCUT2D eigenvalue weighted by Crippen LogP contribution is 2.26. The van der Waals surface area contributed by atoms with Gasteiger partial charge in [0.25, 0.3) is 0 Å². The Hall–Kier alpha value is -2.29. The summed E-state index contributed by atoms with van der Waals surface area (Å²) in [7, 11) is 0. The minimum Gasteiger partial charge on any atom is -0.399 e. The topological polar surface area (TPSA) is 69.1 Å². The lowest BCUT2D eigenvalue weighted by molar-refractivity contribution is 0.101. The van der Waals surface area contributed by atoms with Crippen LogP contribution in [0, 0.1) is 0 Å². The molecule has 0 amide bonds. The molecule has 3 heteroatoms. The van der Waals surface area contributed by atoms with Gasteiger partial charge in [-0.2, -0.15) is 0 Å². The Morgan fingerprint density at radius 2 is 1.53 bits per heavy atom. The van der Waals surface area contributed by atoms with E-state index in [9.17, 15) is 4.79 Å². The van der Waals surface area contributed by atoms with Crippen LogP contribution in [0.1, 0.15) is 17.3 Å². The van der Waals surface area contributed by atoms with Crippen molar-refractivity contribution in [2.75, 3.05) is 11.5 Å². The molecule has 0 spiro atoms. The number of hydrogen-bond acceptors (Lipinski definition) is 3.